The van der Waals surface area contributed by atoms with E-state index >= 15 is 0 Å². The number of hydrogen-bond donors (Lipinski definition) is 1. The second-order valence-electron chi connectivity index (χ2n) is 5.62. The van der Waals surface area contributed by atoms with Crippen molar-refractivity contribution in [1.29, 1.82) is 0 Å². The molecule has 1 aliphatic rings. The number of carbonyl (C=O) groups excluding carboxylic acids is 1. The van der Waals surface area contributed by atoms with Gasteiger partial charge in [-0.3, -0.25) is 0 Å². The molecule has 1 N–H and O–H groups in total. The maximum atomic E-state index is 12.1. The summed E-state index contributed by atoms with van der Waals surface area (Å²) in [6.45, 7) is -0.276. The lowest BCUT2D eigenvalue weighted by Gasteiger charge is -2.27. The summed E-state index contributed by atoms with van der Waals surface area (Å²) in [4.78, 5) is 13.7. The van der Waals surface area contributed by atoms with Crippen molar-refractivity contribution in [2.45, 2.75) is 26.0 Å². The summed E-state index contributed by atoms with van der Waals surface area (Å²) in [6, 6.07) is 6.07. The summed E-state index contributed by atoms with van der Waals surface area (Å²) in [6.07, 6.45) is 1.95. The van der Waals surface area contributed by atoms with E-state index in [1.165, 1.54) is 12.1 Å². The van der Waals surface area contributed by atoms with E-state index in [-0.39, 0.29) is 11.8 Å². The number of rotatable bonds is 6. The molecule has 0 atom stereocenters. The standard InChI is InChI=1S/C16H22F2N2O3/c1-20(11-13-6-8-22-9-7-13)16(21)19-10-12-2-4-14(5-3-12)23-15(17)18/h2-5,13,15H,6-11H2,1H3,(H,19,21). The lowest BCUT2D eigenvalue weighted by atomic mass is 10.00. The summed E-state index contributed by atoms with van der Waals surface area (Å²) in [5.41, 5.74) is 0.819. The first-order valence-corrected chi connectivity index (χ1v) is 7.65. The van der Waals surface area contributed by atoms with Crippen LogP contribution in [0, 0.1) is 5.92 Å². The van der Waals surface area contributed by atoms with Crippen LogP contribution in [-0.4, -0.2) is 44.3 Å². The molecule has 1 aromatic carbocycles. The highest BCUT2D eigenvalue weighted by Gasteiger charge is 2.18. The van der Waals surface area contributed by atoms with E-state index in [0.717, 1.165) is 31.6 Å². The van der Waals surface area contributed by atoms with E-state index in [2.05, 4.69) is 10.1 Å². The van der Waals surface area contributed by atoms with Gasteiger partial charge in [-0.25, -0.2) is 4.79 Å². The van der Waals surface area contributed by atoms with Crippen LogP contribution in [0.4, 0.5) is 13.6 Å². The van der Waals surface area contributed by atoms with Crippen molar-refractivity contribution >= 4 is 6.03 Å². The number of halogens is 2. The lowest BCUT2D eigenvalue weighted by molar-refractivity contribution is -0.0498. The average Bonchev–Trinajstić information content (AvgIpc) is 2.54. The van der Waals surface area contributed by atoms with Crippen molar-refractivity contribution in [3.05, 3.63) is 29.8 Å². The number of carbonyl (C=O) groups is 1. The predicted octanol–water partition coefficient (Wildman–Crippen LogP) is 2.86. The number of amides is 2. The van der Waals surface area contributed by atoms with Crippen LogP contribution in [0.3, 0.4) is 0 Å². The molecule has 1 aromatic rings. The molecule has 0 radical (unpaired) electrons. The van der Waals surface area contributed by atoms with Crippen molar-refractivity contribution in [1.82, 2.24) is 10.2 Å². The van der Waals surface area contributed by atoms with Gasteiger partial charge in [-0.15, -0.1) is 0 Å². The van der Waals surface area contributed by atoms with E-state index in [9.17, 15) is 13.6 Å². The van der Waals surface area contributed by atoms with Gasteiger partial charge >= 0.3 is 12.6 Å². The Balaban J connectivity index is 1.74. The van der Waals surface area contributed by atoms with Gasteiger partial charge in [0.05, 0.1) is 0 Å². The first kappa shape index (κ1) is 17.5. The molecule has 0 spiro atoms. The highest BCUT2D eigenvalue weighted by atomic mass is 19.3. The van der Waals surface area contributed by atoms with Crippen molar-refractivity contribution < 1.29 is 23.0 Å². The number of nitrogens with zero attached hydrogens (tertiary/aromatic N) is 1. The fraction of sp³-hybridized carbons (Fsp3) is 0.562. The molecule has 0 saturated carbocycles. The summed E-state index contributed by atoms with van der Waals surface area (Å²) < 4.78 is 33.7. The molecular weight excluding hydrogens is 306 g/mol. The number of ether oxygens (including phenoxy) is 2. The Labute approximate surface area is 134 Å². The third-order valence-electron chi connectivity index (χ3n) is 3.81. The molecule has 1 heterocycles. The zero-order valence-electron chi connectivity index (χ0n) is 13.1. The molecule has 1 aliphatic heterocycles. The molecule has 7 heteroatoms. The van der Waals surface area contributed by atoms with Gasteiger partial charge in [0.1, 0.15) is 5.75 Å². The Bertz CT molecular complexity index is 491. The molecule has 1 fully saturated rings. The minimum Gasteiger partial charge on any atom is -0.435 e. The Morgan fingerprint density at radius 2 is 2.00 bits per heavy atom. The van der Waals surface area contributed by atoms with Crippen molar-refractivity contribution in [3.8, 4) is 5.75 Å². The third kappa shape index (κ3) is 6.02. The molecule has 2 rings (SSSR count). The summed E-state index contributed by atoms with van der Waals surface area (Å²) >= 11 is 0. The fourth-order valence-electron chi connectivity index (χ4n) is 2.50. The summed E-state index contributed by atoms with van der Waals surface area (Å²) in [5.74, 6) is 0.581. The lowest BCUT2D eigenvalue weighted by Crippen LogP contribution is -2.40. The number of nitrogens with one attached hydrogen (secondary N) is 1. The molecule has 0 bridgehead atoms. The minimum atomic E-state index is -2.83. The monoisotopic (exact) mass is 328 g/mol. The van der Waals surface area contributed by atoms with E-state index < -0.39 is 6.61 Å². The molecule has 23 heavy (non-hydrogen) atoms. The Kier molecular flexibility index (Phi) is 6.58. The van der Waals surface area contributed by atoms with Gasteiger partial charge in [-0.1, -0.05) is 12.1 Å². The van der Waals surface area contributed by atoms with Crippen LogP contribution in [-0.2, 0) is 11.3 Å². The van der Waals surface area contributed by atoms with Crippen molar-refractivity contribution in [2.24, 2.45) is 5.92 Å². The normalized spacial score (nSPS) is 15.5. The van der Waals surface area contributed by atoms with E-state index in [1.54, 1.807) is 24.1 Å². The van der Waals surface area contributed by atoms with Gasteiger partial charge in [0.15, 0.2) is 0 Å². The second kappa shape index (κ2) is 8.67. The van der Waals surface area contributed by atoms with Gasteiger partial charge in [-0.2, -0.15) is 8.78 Å². The van der Waals surface area contributed by atoms with Crippen LogP contribution in [0.5, 0.6) is 5.75 Å². The summed E-state index contributed by atoms with van der Waals surface area (Å²) in [7, 11) is 1.77. The molecule has 2 amide bonds. The first-order chi connectivity index (χ1) is 11.0. The SMILES string of the molecule is CN(CC1CCOCC1)C(=O)NCc1ccc(OC(F)F)cc1. The highest BCUT2D eigenvalue weighted by molar-refractivity contribution is 5.73. The Morgan fingerprint density at radius 1 is 1.35 bits per heavy atom. The molecule has 0 unspecified atom stereocenters. The highest BCUT2D eigenvalue weighted by Crippen LogP contribution is 2.16. The Morgan fingerprint density at radius 3 is 2.61 bits per heavy atom. The van der Waals surface area contributed by atoms with Crippen LogP contribution in [0.1, 0.15) is 18.4 Å². The van der Waals surface area contributed by atoms with Crippen LogP contribution < -0.4 is 10.1 Å². The Hall–Kier alpha value is -1.89. The largest absolute Gasteiger partial charge is 0.435 e. The van der Waals surface area contributed by atoms with Gasteiger partial charge in [0.2, 0.25) is 0 Å². The number of urea groups is 1. The van der Waals surface area contributed by atoms with Crippen molar-refractivity contribution in [2.75, 3.05) is 26.8 Å². The molecule has 128 valence electrons. The van der Waals surface area contributed by atoms with Gasteiger partial charge in [0, 0.05) is 33.4 Å². The van der Waals surface area contributed by atoms with Gasteiger partial charge < -0.3 is 19.7 Å². The van der Waals surface area contributed by atoms with Crippen molar-refractivity contribution in [3.63, 3.8) is 0 Å². The molecule has 5 nitrogen and oxygen atoms in total. The number of benzene rings is 1. The number of alkyl halides is 2. The summed E-state index contributed by atoms with van der Waals surface area (Å²) in [5, 5.41) is 2.82. The molecule has 0 aromatic heterocycles. The van der Waals surface area contributed by atoms with Gasteiger partial charge in [0.25, 0.3) is 0 Å². The van der Waals surface area contributed by atoms with Crippen LogP contribution in [0.2, 0.25) is 0 Å². The maximum absolute atomic E-state index is 12.1. The van der Waals surface area contributed by atoms with Gasteiger partial charge in [-0.05, 0) is 36.5 Å². The second-order valence-corrected chi connectivity index (χ2v) is 5.62. The molecular formula is C16H22F2N2O3. The minimum absolute atomic E-state index is 0.103. The quantitative estimate of drug-likeness (QED) is 0.874. The zero-order chi connectivity index (χ0) is 16.7. The average molecular weight is 328 g/mol. The molecule has 0 aliphatic carbocycles. The molecule has 1 saturated heterocycles. The third-order valence-corrected chi connectivity index (χ3v) is 3.81. The van der Waals surface area contributed by atoms with Crippen LogP contribution >= 0.6 is 0 Å². The smallest absolute Gasteiger partial charge is 0.387 e. The van der Waals surface area contributed by atoms with Crippen LogP contribution in [0.15, 0.2) is 24.3 Å². The van der Waals surface area contributed by atoms with Crippen LogP contribution in [0.25, 0.3) is 0 Å². The van der Waals surface area contributed by atoms with E-state index in [1.807, 2.05) is 0 Å². The fourth-order valence-corrected chi connectivity index (χ4v) is 2.50. The van der Waals surface area contributed by atoms with E-state index in [4.69, 9.17) is 4.74 Å². The topological polar surface area (TPSA) is 50.8 Å². The predicted molar refractivity (Wildman–Crippen MR) is 81.5 cm³/mol. The van der Waals surface area contributed by atoms with E-state index in [0.29, 0.717) is 19.0 Å². The maximum Gasteiger partial charge on any atom is 0.387 e. The zero-order valence-corrected chi connectivity index (χ0v) is 13.1. The first-order valence-electron chi connectivity index (χ1n) is 7.65. The number of hydrogen-bond acceptors (Lipinski definition) is 3.